The molecule has 0 radical (unpaired) electrons. The second-order valence-corrected chi connectivity index (χ2v) is 9.35. The normalized spacial score (nSPS) is 15.8. The lowest BCUT2D eigenvalue weighted by Crippen LogP contribution is -2.27. The van der Waals surface area contributed by atoms with Gasteiger partial charge in [0.2, 0.25) is 5.88 Å². The van der Waals surface area contributed by atoms with Gasteiger partial charge in [-0.15, -0.1) is 0 Å². The molecule has 0 spiro atoms. The molecule has 9 nitrogen and oxygen atoms in total. The molecular weight excluding hydrogens is 463 g/mol. The van der Waals surface area contributed by atoms with Gasteiger partial charge in [-0.1, -0.05) is 0 Å². The van der Waals surface area contributed by atoms with Gasteiger partial charge in [-0.3, -0.25) is 0 Å². The lowest BCUT2D eigenvalue weighted by molar-refractivity contribution is 0.0283. The Kier molecular flexibility index (Phi) is 6.16. The Balaban J connectivity index is 1.37. The molecule has 10 heteroatoms. The van der Waals surface area contributed by atoms with Crippen molar-refractivity contribution in [2.45, 2.75) is 32.0 Å². The van der Waals surface area contributed by atoms with Gasteiger partial charge in [0.25, 0.3) is 0 Å². The highest BCUT2D eigenvalue weighted by Crippen LogP contribution is 2.32. The van der Waals surface area contributed by atoms with E-state index in [0.717, 1.165) is 36.1 Å². The third kappa shape index (κ3) is 5.06. The minimum Gasteiger partial charge on any atom is -0.489 e. The maximum Gasteiger partial charge on any atom is 0.213 e. The van der Waals surface area contributed by atoms with Crippen LogP contribution in [0.25, 0.3) is 16.6 Å². The maximum absolute atomic E-state index is 13.1. The zero-order valence-corrected chi connectivity index (χ0v) is 19.9. The summed E-state index contributed by atoms with van der Waals surface area (Å²) in [4.78, 5) is 10.8. The third-order valence-electron chi connectivity index (χ3n) is 5.81. The number of nitriles is 1. The van der Waals surface area contributed by atoms with Crippen LogP contribution in [0.1, 0.15) is 25.8 Å². The Labute approximate surface area is 207 Å². The van der Waals surface area contributed by atoms with E-state index in [0.29, 0.717) is 29.3 Å². The van der Waals surface area contributed by atoms with E-state index >= 15 is 0 Å². The predicted molar refractivity (Wildman–Crippen MR) is 130 cm³/mol. The highest BCUT2D eigenvalue weighted by Gasteiger charge is 2.25. The third-order valence-corrected chi connectivity index (χ3v) is 5.81. The van der Waals surface area contributed by atoms with Crippen molar-refractivity contribution in [3.8, 4) is 28.8 Å². The molecule has 36 heavy (non-hydrogen) atoms. The van der Waals surface area contributed by atoms with E-state index in [2.05, 4.69) is 26.0 Å². The highest BCUT2D eigenvalue weighted by molar-refractivity contribution is 5.85. The van der Waals surface area contributed by atoms with E-state index in [1.165, 1.54) is 18.3 Å². The number of aromatic nitrogens is 4. The summed E-state index contributed by atoms with van der Waals surface area (Å²) in [7, 11) is 0. The quantitative estimate of drug-likeness (QED) is 0.420. The lowest BCUT2D eigenvalue weighted by atomic mass is 10.1. The van der Waals surface area contributed by atoms with Crippen LogP contribution in [0.5, 0.6) is 11.6 Å². The van der Waals surface area contributed by atoms with E-state index < -0.39 is 11.4 Å². The summed E-state index contributed by atoms with van der Waals surface area (Å²) in [6.45, 7) is 4.84. The van der Waals surface area contributed by atoms with E-state index in [4.69, 9.17) is 9.47 Å². The van der Waals surface area contributed by atoms with Crippen molar-refractivity contribution in [3.05, 3.63) is 66.5 Å². The van der Waals surface area contributed by atoms with Gasteiger partial charge >= 0.3 is 0 Å². The Morgan fingerprint density at radius 1 is 1.19 bits per heavy atom. The fourth-order valence-electron chi connectivity index (χ4n) is 4.11. The van der Waals surface area contributed by atoms with Crippen molar-refractivity contribution < 1.29 is 19.0 Å². The average molecular weight is 489 g/mol. The molecule has 0 aromatic carbocycles. The van der Waals surface area contributed by atoms with Crippen LogP contribution >= 0.6 is 0 Å². The molecule has 5 rings (SSSR count). The number of ether oxygens (including phenoxy) is 2. The van der Waals surface area contributed by atoms with Crippen molar-refractivity contribution in [2.24, 2.45) is 0 Å². The van der Waals surface area contributed by atoms with Crippen molar-refractivity contribution in [3.63, 3.8) is 0 Å². The van der Waals surface area contributed by atoms with E-state index in [1.54, 1.807) is 30.8 Å². The maximum atomic E-state index is 13.1. The fraction of sp³-hybridized carbons (Fsp3) is 0.308. The van der Waals surface area contributed by atoms with Gasteiger partial charge in [-0.05, 0) is 38.1 Å². The first-order chi connectivity index (χ1) is 17.3. The molecule has 0 amide bonds. The van der Waals surface area contributed by atoms with Crippen molar-refractivity contribution in [1.29, 1.82) is 5.26 Å². The number of aliphatic hydroxyl groups is 1. The number of hydrogen-bond donors (Lipinski definition) is 1. The zero-order valence-electron chi connectivity index (χ0n) is 19.9. The second-order valence-electron chi connectivity index (χ2n) is 9.35. The Morgan fingerprint density at radius 3 is 2.75 bits per heavy atom. The predicted octanol–water partition coefficient (Wildman–Crippen LogP) is 3.61. The van der Waals surface area contributed by atoms with E-state index in [-0.39, 0.29) is 12.7 Å². The Hall–Kier alpha value is -4.23. The number of nitrogens with zero attached hydrogens (tertiary/aromatic N) is 6. The SMILES string of the molecule is CC(C)(O)COc1cc(-c2ccc(N3CC[C@H](Oc4ccc(F)cn4)C3)nc2)c2c(C#N)cnn2c1. The molecule has 5 heterocycles. The van der Waals surface area contributed by atoms with Gasteiger partial charge in [0, 0.05) is 36.4 Å². The minimum absolute atomic E-state index is 0.0707. The smallest absolute Gasteiger partial charge is 0.213 e. The zero-order chi connectivity index (χ0) is 25.3. The molecule has 0 saturated carbocycles. The van der Waals surface area contributed by atoms with Crippen LogP contribution in [0, 0.1) is 17.1 Å². The second kappa shape index (κ2) is 9.43. The summed E-state index contributed by atoms with van der Waals surface area (Å²) in [5, 5.41) is 23.9. The number of fused-ring (bicyclic) bond motifs is 1. The van der Waals surface area contributed by atoms with Gasteiger partial charge in [0.1, 0.15) is 36.2 Å². The summed E-state index contributed by atoms with van der Waals surface area (Å²) < 4.78 is 26.4. The van der Waals surface area contributed by atoms with Crippen LogP contribution in [0.2, 0.25) is 0 Å². The summed E-state index contributed by atoms with van der Waals surface area (Å²) >= 11 is 0. The fourth-order valence-corrected chi connectivity index (χ4v) is 4.11. The van der Waals surface area contributed by atoms with Gasteiger partial charge in [-0.2, -0.15) is 10.4 Å². The molecule has 0 bridgehead atoms. The number of rotatable bonds is 7. The molecule has 4 aromatic heterocycles. The lowest BCUT2D eigenvalue weighted by Gasteiger charge is -2.19. The number of pyridine rings is 3. The monoisotopic (exact) mass is 488 g/mol. The molecule has 1 saturated heterocycles. The molecule has 1 atom stereocenters. The Morgan fingerprint density at radius 2 is 2.06 bits per heavy atom. The summed E-state index contributed by atoms with van der Waals surface area (Å²) in [6.07, 6.45) is 6.83. The first-order valence-electron chi connectivity index (χ1n) is 11.6. The number of anilines is 1. The molecule has 0 unspecified atom stereocenters. The summed E-state index contributed by atoms with van der Waals surface area (Å²) in [5.74, 6) is 1.32. The van der Waals surface area contributed by atoms with Crippen LogP contribution in [-0.4, -0.2) is 56.1 Å². The molecule has 1 aliphatic rings. The van der Waals surface area contributed by atoms with Gasteiger partial charge in [0.15, 0.2) is 0 Å². The van der Waals surface area contributed by atoms with Gasteiger partial charge < -0.3 is 19.5 Å². The standard InChI is InChI=1S/C26H25FN6O3/c1-26(2,34)16-35-21-9-22(25-18(10-28)12-31-33(25)15-21)17-3-5-23(29-11-17)32-8-7-20(14-32)36-24-6-4-19(27)13-30-24/h3-6,9,11-13,15,20,34H,7-8,14,16H2,1-2H3/t20-/m0/s1. The number of hydrogen-bond acceptors (Lipinski definition) is 8. The molecule has 4 aromatic rings. The van der Waals surface area contributed by atoms with E-state index in [9.17, 15) is 14.8 Å². The van der Waals surface area contributed by atoms with Crippen molar-refractivity contribution in [1.82, 2.24) is 19.6 Å². The van der Waals surface area contributed by atoms with Crippen molar-refractivity contribution >= 4 is 11.3 Å². The van der Waals surface area contributed by atoms with Crippen molar-refractivity contribution in [2.75, 3.05) is 24.6 Å². The highest BCUT2D eigenvalue weighted by atomic mass is 19.1. The molecule has 1 fully saturated rings. The van der Waals surface area contributed by atoms with Crippen LogP contribution in [0.3, 0.4) is 0 Å². The molecule has 0 aliphatic carbocycles. The van der Waals surface area contributed by atoms with Crippen LogP contribution in [0.15, 0.2) is 55.1 Å². The number of halogens is 1. The summed E-state index contributed by atoms with van der Waals surface area (Å²) in [6, 6.07) is 10.7. The topological polar surface area (TPSA) is 109 Å². The Bertz CT molecular complexity index is 1410. The van der Waals surface area contributed by atoms with Gasteiger partial charge in [-0.25, -0.2) is 18.9 Å². The first-order valence-corrected chi connectivity index (χ1v) is 11.6. The molecule has 1 N–H and O–H groups in total. The average Bonchev–Trinajstić information content (AvgIpc) is 3.50. The van der Waals surface area contributed by atoms with E-state index in [1.807, 2.05) is 18.2 Å². The van der Waals surface area contributed by atoms with Crippen LogP contribution < -0.4 is 14.4 Å². The van der Waals surface area contributed by atoms with Gasteiger partial charge in [0.05, 0.1) is 41.8 Å². The molecule has 184 valence electrons. The first kappa shape index (κ1) is 23.5. The summed E-state index contributed by atoms with van der Waals surface area (Å²) in [5.41, 5.74) is 1.66. The van der Waals surface area contributed by atoms with Crippen LogP contribution in [-0.2, 0) is 0 Å². The molecular formula is C26H25FN6O3. The molecule has 1 aliphatic heterocycles. The largest absolute Gasteiger partial charge is 0.489 e. The van der Waals surface area contributed by atoms with Crippen LogP contribution in [0.4, 0.5) is 10.2 Å². The minimum atomic E-state index is -0.996.